The first-order chi connectivity index (χ1) is 12.3. The van der Waals surface area contributed by atoms with Crippen LogP contribution in [-0.2, 0) is 19.5 Å². The lowest BCUT2D eigenvalue weighted by atomic mass is 10.1. The van der Waals surface area contributed by atoms with Gasteiger partial charge in [0.2, 0.25) is 0 Å². The van der Waals surface area contributed by atoms with Crippen molar-refractivity contribution in [1.29, 1.82) is 0 Å². The molecule has 1 aromatic carbocycles. The van der Waals surface area contributed by atoms with Crippen molar-refractivity contribution in [3.05, 3.63) is 71.8 Å². The summed E-state index contributed by atoms with van der Waals surface area (Å²) in [5.41, 5.74) is 4.58. The standard InChI is InChI=1S/C20H20N4O/c1-25-19-5-3-2-4-16(19)13-24-11-8-18-17(14-24)12-22-20(23-18)15-6-9-21-10-7-15/h2-7,9-10,12H,8,11,13-14H2,1H3. The highest BCUT2D eigenvalue weighted by atomic mass is 16.5. The van der Waals surface area contributed by atoms with Crippen LogP contribution in [0.15, 0.2) is 55.0 Å². The van der Waals surface area contributed by atoms with Crippen LogP contribution >= 0.6 is 0 Å². The molecule has 25 heavy (non-hydrogen) atoms. The second kappa shape index (κ2) is 6.99. The molecule has 0 N–H and O–H groups in total. The summed E-state index contributed by atoms with van der Waals surface area (Å²) in [5.74, 6) is 1.72. The lowest BCUT2D eigenvalue weighted by molar-refractivity contribution is 0.239. The van der Waals surface area contributed by atoms with E-state index < -0.39 is 0 Å². The molecular weight excluding hydrogens is 312 g/mol. The van der Waals surface area contributed by atoms with Crippen LogP contribution in [-0.4, -0.2) is 33.5 Å². The first kappa shape index (κ1) is 15.7. The minimum atomic E-state index is 0.777. The summed E-state index contributed by atoms with van der Waals surface area (Å²) in [6, 6.07) is 12.1. The minimum absolute atomic E-state index is 0.777. The maximum atomic E-state index is 5.46. The summed E-state index contributed by atoms with van der Waals surface area (Å²) in [6.45, 7) is 2.72. The zero-order chi connectivity index (χ0) is 17.1. The van der Waals surface area contributed by atoms with E-state index in [1.165, 1.54) is 11.1 Å². The molecule has 2 aromatic heterocycles. The fourth-order valence-electron chi connectivity index (χ4n) is 3.22. The molecule has 3 heterocycles. The quantitative estimate of drug-likeness (QED) is 0.735. The first-order valence-corrected chi connectivity index (χ1v) is 8.43. The number of ether oxygens (including phenoxy) is 1. The van der Waals surface area contributed by atoms with Crippen molar-refractivity contribution in [3.8, 4) is 17.1 Å². The number of methoxy groups -OCH3 is 1. The molecule has 0 unspecified atom stereocenters. The van der Waals surface area contributed by atoms with E-state index in [-0.39, 0.29) is 0 Å². The minimum Gasteiger partial charge on any atom is -0.496 e. The number of fused-ring (bicyclic) bond motifs is 1. The first-order valence-electron chi connectivity index (χ1n) is 8.43. The summed E-state index contributed by atoms with van der Waals surface area (Å²) in [6.07, 6.45) is 6.44. The molecule has 0 radical (unpaired) electrons. The van der Waals surface area contributed by atoms with Crippen molar-refractivity contribution in [2.75, 3.05) is 13.7 Å². The zero-order valence-corrected chi connectivity index (χ0v) is 14.2. The number of aromatic nitrogens is 3. The highest BCUT2D eigenvalue weighted by Gasteiger charge is 2.19. The Morgan fingerprint density at radius 1 is 1.12 bits per heavy atom. The number of hydrogen-bond acceptors (Lipinski definition) is 5. The van der Waals surface area contributed by atoms with Crippen LogP contribution in [0.2, 0.25) is 0 Å². The lowest BCUT2D eigenvalue weighted by Gasteiger charge is -2.28. The Morgan fingerprint density at radius 3 is 2.80 bits per heavy atom. The van der Waals surface area contributed by atoms with E-state index in [2.05, 4.69) is 27.0 Å². The van der Waals surface area contributed by atoms with Gasteiger partial charge in [-0.05, 0) is 18.2 Å². The molecule has 0 spiro atoms. The summed E-state index contributed by atoms with van der Waals surface area (Å²) < 4.78 is 5.46. The summed E-state index contributed by atoms with van der Waals surface area (Å²) >= 11 is 0. The third kappa shape index (κ3) is 3.37. The predicted molar refractivity (Wildman–Crippen MR) is 96.1 cm³/mol. The van der Waals surface area contributed by atoms with E-state index in [1.807, 2.05) is 30.5 Å². The van der Waals surface area contributed by atoms with Crippen LogP contribution in [0.25, 0.3) is 11.4 Å². The second-order valence-corrected chi connectivity index (χ2v) is 6.17. The van der Waals surface area contributed by atoms with E-state index in [0.29, 0.717) is 0 Å². The molecule has 3 aromatic rings. The van der Waals surface area contributed by atoms with Gasteiger partial charge < -0.3 is 4.74 Å². The smallest absolute Gasteiger partial charge is 0.159 e. The van der Waals surface area contributed by atoms with Gasteiger partial charge in [-0.15, -0.1) is 0 Å². The lowest BCUT2D eigenvalue weighted by Crippen LogP contribution is -2.31. The third-order valence-electron chi connectivity index (χ3n) is 4.54. The van der Waals surface area contributed by atoms with Crippen molar-refractivity contribution >= 4 is 0 Å². The molecule has 0 saturated carbocycles. The highest BCUT2D eigenvalue weighted by Crippen LogP contribution is 2.24. The Hall–Kier alpha value is -2.79. The predicted octanol–water partition coefficient (Wildman–Crippen LogP) is 3.11. The Morgan fingerprint density at radius 2 is 1.96 bits per heavy atom. The van der Waals surface area contributed by atoms with Crippen LogP contribution in [0.1, 0.15) is 16.8 Å². The Balaban J connectivity index is 1.52. The highest BCUT2D eigenvalue weighted by molar-refractivity contribution is 5.54. The molecule has 0 amide bonds. The van der Waals surface area contributed by atoms with E-state index >= 15 is 0 Å². The van der Waals surface area contributed by atoms with Gasteiger partial charge in [0.05, 0.1) is 12.8 Å². The maximum absolute atomic E-state index is 5.46. The van der Waals surface area contributed by atoms with Crippen molar-refractivity contribution in [2.45, 2.75) is 19.5 Å². The van der Waals surface area contributed by atoms with Crippen molar-refractivity contribution in [2.24, 2.45) is 0 Å². The molecule has 0 saturated heterocycles. The van der Waals surface area contributed by atoms with E-state index in [0.717, 1.165) is 48.9 Å². The molecule has 0 fully saturated rings. The molecule has 0 atom stereocenters. The van der Waals surface area contributed by atoms with Crippen molar-refractivity contribution < 1.29 is 4.74 Å². The van der Waals surface area contributed by atoms with E-state index in [4.69, 9.17) is 9.72 Å². The molecule has 5 nitrogen and oxygen atoms in total. The largest absolute Gasteiger partial charge is 0.496 e. The van der Waals surface area contributed by atoms with Crippen LogP contribution in [0.4, 0.5) is 0 Å². The van der Waals surface area contributed by atoms with Gasteiger partial charge in [0.25, 0.3) is 0 Å². The van der Waals surface area contributed by atoms with Gasteiger partial charge in [-0.25, -0.2) is 9.97 Å². The van der Waals surface area contributed by atoms with Gasteiger partial charge >= 0.3 is 0 Å². The maximum Gasteiger partial charge on any atom is 0.159 e. The number of pyridine rings is 1. The van der Waals surface area contributed by atoms with Gasteiger partial charge in [0.1, 0.15) is 5.75 Å². The Labute approximate surface area is 147 Å². The summed E-state index contributed by atoms with van der Waals surface area (Å²) in [4.78, 5) is 15.8. The monoisotopic (exact) mass is 332 g/mol. The summed E-state index contributed by atoms with van der Waals surface area (Å²) in [5, 5.41) is 0. The normalized spacial score (nSPS) is 14.1. The molecule has 0 bridgehead atoms. The molecular formula is C20H20N4O. The SMILES string of the molecule is COc1ccccc1CN1CCc2nc(-c3ccncc3)ncc2C1. The topological polar surface area (TPSA) is 51.1 Å². The fraction of sp³-hybridized carbons (Fsp3) is 0.250. The molecule has 1 aliphatic heterocycles. The van der Waals surface area contributed by atoms with Crippen LogP contribution in [0.5, 0.6) is 5.75 Å². The van der Waals surface area contributed by atoms with Crippen LogP contribution < -0.4 is 4.74 Å². The molecule has 5 heteroatoms. The molecule has 0 aliphatic carbocycles. The van der Waals surface area contributed by atoms with Gasteiger partial charge in [-0.3, -0.25) is 9.88 Å². The number of hydrogen-bond donors (Lipinski definition) is 0. The molecule has 1 aliphatic rings. The van der Waals surface area contributed by atoms with Crippen molar-refractivity contribution in [1.82, 2.24) is 19.9 Å². The number of rotatable bonds is 4. The molecule has 4 rings (SSSR count). The summed E-state index contributed by atoms with van der Waals surface area (Å²) in [7, 11) is 1.72. The van der Waals surface area contributed by atoms with Gasteiger partial charge in [0.15, 0.2) is 5.82 Å². The van der Waals surface area contributed by atoms with E-state index in [1.54, 1.807) is 19.5 Å². The van der Waals surface area contributed by atoms with Crippen LogP contribution in [0.3, 0.4) is 0 Å². The van der Waals surface area contributed by atoms with Gasteiger partial charge in [0, 0.05) is 61.3 Å². The average molecular weight is 332 g/mol. The third-order valence-corrected chi connectivity index (χ3v) is 4.54. The number of nitrogens with zero attached hydrogens (tertiary/aromatic N) is 4. The Bertz CT molecular complexity index is 867. The second-order valence-electron chi connectivity index (χ2n) is 6.17. The van der Waals surface area contributed by atoms with Gasteiger partial charge in [-0.1, -0.05) is 18.2 Å². The zero-order valence-electron chi connectivity index (χ0n) is 14.2. The number of benzene rings is 1. The van der Waals surface area contributed by atoms with Crippen LogP contribution in [0, 0.1) is 0 Å². The Kier molecular flexibility index (Phi) is 4.39. The van der Waals surface area contributed by atoms with E-state index in [9.17, 15) is 0 Å². The number of para-hydroxylation sites is 1. The van der Waals surface area contributed by atoms with Crippen molar-refractivity contribution in [3.63, 3.8) is 0 Å². The molecule has 126 valence electrons. The van der Waals surface area contributed by atoms with Gasteiger partial charge in [-0.2, -0.15) is 0 Å². The average Bonchev–Trinajstić information content (AvgIpc) is 2.68. The fourth-order valence-corrected chi connectivity index (χ4v) is 3.22.